The molecule has 0 amide bonds. The van der Waals surface area contributed by atoms with E-state index < -0.39 is 0 Å². The summed E-state index contributed by atoms with van der Waals surface area (Å²) in [6.45, 7) is 6.91. The van der Waals surface area contributed by atoms with Crippen LogP contribution in [0.25, 0.3) is 0 Å². The minimum atomic E-state index is 0.309. The summed E-state index contributed by atoms with van der Waals surface area (Å²) < 4.78 is 5.05. The molecule has 0 aromatic carbocycles. The van der Waals surface area contributed by atoms with Crippen molar-refractivity contribution in [3.63, 3.8) is 0 Å². The maximum absolute atomic E-state index is 5.20. The summed E-state index contributed by atoms with van der Waals surface area (Å²) in [5.41, 5.74) is 0. The third kappa shape index (κ3) is 5.05. The van der Waals surface area contributed by atoms with Crippen LogP contribution in [0.5, 0.6) is 0 Å². The van der Waals surface area contributed by atoms with Gasteiger partial charge < -0.3 is 15.0 Å². The van der Waals surface area contributed by atoms with Crippen molar-refractivity contribution in [2.75, 3.05) is 20.8 Å². The Bertz CT molecular complexity index is 162. The molecule has 0 heterocycles. The lowest BCUT2D eigenvalue weighted by atomic mass is 10.3. The van der Waals surface area contributed by atoms with Crippen molar-refractivity contribution in [3.05, 3.63) is 0 Å². The molecular formula is C9H20N2OS. The summed E-state index contributed by atoms with van der Waals surface area (Å²) in [5, 5.41) is 3.96. The molecule has 0 rings (SSSR count). The molecule has 0 radical (unpaired) electrons. The van der Waals surface area contributed by atoms with Gasteiger partial charge in [-0.2, -0.15) is 0 Å². The van der Waals surface area contributed by atoms with Crippen LogP contribution in [0, 0.1) is 0 Å². The molecule has 0 aliphatic rings. The second-order valence-corrected chi connectivity index (χ2v) is 3.91. The average molecular weight is 204 g/mol. The van der Waals surface area contributed by atoms with E-state index >= 15 is 0 Å². The molecule has 0 bridgehead atoms. The van der Waals surface area contributed by atoms with Crippen molar-refractivity contribution in [1.29, 1.82) is 0 Å². The van der Waals surface area contributed by atoms with E-state index in [1.165, 1.54) is 0 Å². The van der Waals surface area contributed by atoms with Crippen molar-refractivity contribution in [2.24, 2.45) is 0 Å². The van der Waals surface area contributed by atoms with Gasteiger partial charge in [0.15, 0.2) is 5.11 Å². The molecule has 0 saturated carbocycles. The van der Waals surface area contributed by atoms with Gasteiger partial charge in [0.25, 0.3) is 0 Å². The molecule has 1 atom stereocenters. The second kappa shape index (κ2) is 6.16. The highest BCUT2D eigenvalue weighted by molar-refractivity contribution is 7.80. The van der Waals surface area contributed by atoms with Gasteiger partial charge in [0, 0.05) is 20.2 Å². The summed E-state index contributed by atoms with van der Waals surface area (Å²) in [6, 6.07) is 0.688. The standard InChI is InChI=1S/C9H20N2OS/c1-7(2)10-9(13)11(4)8(3)6-12-5/h7-8H,6H2,1-5H3,(H,10,13). The molecular weight excluding hydrogens is 184 g/mol. The van der Waals surface area contributed by atoms with E-state index in [1.54, 1.807) is 7.11 Å². The summed E-state index contributed by atoms with van der Waals surface area (Å²) >= 11 is 5.20. The fraction of sp³-hybridized carbons (Fsp3) is 0.889. The number of thiocarbonyl (C=S) groups is 1. The molecule has 0 aliphatic heterocycles. The third-order valence-corrected chi connectivity index (χ3v) is 2.21. The van der Waals surface area contributed by atoms with Gasteiger partial charge in [-0.1, -0.05) is 0 Å². The normalized spacial score (nSPS) is 12.8. The van der Waals surface area contributed by atoms with E-state index in [0.29, 0.717) is 18.7 Å². The monoisotopic (exact) mass is 204 g/mol. The van der Waals surface area contributed by atoms with E-state index in [4.69, 9.17) is 17.0 Å². The number of ether oxygens (including phenoxy) is 1. The first-order valence-corrected chi connectivity index (χ1v) is 4.92. The lowest BCUT2D eigenvalue weighted by Gasteiger charge is -2.28. The van der Waals surface area contributed by atoms with Crippen molar-refractivity contribution >= 4 is 17.3 Å². The van der Waals surface area contributed by atoms with Crippen LogP contribution in [0.1, 0.15) is 20.8 Å². The zero-order valence-corrected chi connectivity index (χ0v) is 9.94. The first-order chi connectivity index (χ1) is 5.99. The molecule has 1 unspecified atom stereocenters. The van der Waals surface area contributed by atoms with Crippen LogP contribution in [-0.4, -0.2) is 42.9 Å². The number of hydrogen-bond donors (Lipinski definition) is 1. The summed E-state index contributed by atoms with van der Waals surface area (Å²) in [7, 11) is 3.67. The Morgan fingerprint density at radius 1 is 1.46 bits per heavy atom. The summed E-state index contributed by atoms with van der Waals surface area (Å²) in [6.07, 6.45) is 0. The lowest BCUT2D eigenvalue weighted by molar-refractivity contribution is 0.145. The van der Waals surface area contributed by atoms with Gasteiger partial charge in [0.1, 0.15) is 0 Å². The number of nitrogens with zero attached hydrogens (tertiary/aromatic N) is 1. The number of rotatable bonds is 4. The fourth-order valence-corrected chi connectivity index (χ4v) is 1.32. The number of hydrogen-bond acceptors (Lipinski definition) is 2. The predicted molar refractivity (Wildman–Crippen MR) is 60.0 cm³/mol. The van der Waals surface area contributed by atoms with Gasteiger partial charge in [-0.15, -0.1) is 0 Å². The Morgan fingerprint density at radius 3 is 2.38 bits per heavy atom. The Labute approximate surface area is 86.4 Å². The third-order valence-electron chi connectivity index (χ3n) is 1.80. The highest BCUT2D eigenvalue weighted by Crippen LogP contribution is 1.97. The Hall–Kier alpha value is -0.350. The predicted octanol–water partition coefficient (Wildman–Crippen LogP) is 1.24. The first-order valence-electron chi connectivity index (χ1n) is 4.51. The van der Waals surface area contributed by atoms with E-state index in [2.05, 4.69) is 26.1 Å². The maximum Gasteiger partial charge on any atom is 0.169 e. The molecule has 1 N–H and O–H groups in total. The van der Waals surface area contributed by atoms with Crippen LogP contribution < -0.4 is 5.32 Å². The van der Waals surface area contributed by atoms with Crippen molar-refractivity contribution in [3.8, 4) is 0 Å². The Kier molecular flexibility index (Phi) is 5.99. The molecule has 0 fully saturated rings. The van der Waals surface area contributed by atoms with E-state index in [0.717, 1.165) is 5.11 Å². The van der Waals surface area contributed by atoms with E-state index in [9.17, 15) is 0 Å². The van der Waals surface area contributed by atoms with Gasteiger partial charge >= 0.3 is 0 Å². The van der Waals surface area contributed by atoms with Gasteiger partial charge in [0.05, 0.1) is 12.6 Å². The quantitative estimate of drug-likeness (QED) is 0.696. The highest BCUT2D eigenvalue weighted by atomic mass is 32.1. The lowest BCUT2D eigenvalue weighted by Crippen LogP contribution is -2.46. The molecule has 0 aromatic heterocycles. The van der Waals surface area contributed by atoms with Crippen LogP contribution in [-0.2, 0) is 4.74 Å². The minimum Gasteiger partial charge on any atom is -0.383 e. The van der Waals surface area contributed by atoms with Crippen LogP contribution in [0.15, 0.2) is 0 Å². The van der Waals surface area contributed by atoms with Crippen molar-refractivity contribution < 1.29 is 4.74 Å². The van der Waals surface area contributed by atoms with Gasteiger partial charge in [-0.3, -0.25) is 0 Å². The SMILES string of the molecule is COCC(C)N(C)C(=S)NC(C)C. The fourth-order valence-electron chi connectivity index (χ4n) is 0.902. The molecule has 3 nitrogen and oxygen atoms in total. The summed E-state index contributed by atoms with van der Waals surface area (Å²) in [4.78, 5) is 2.01. The first kappa shape index (κ1) is 12.7. The van der Waals surface area contributed by atoms with Crippen molar-refractivity contribution in [1.82, 2.24) is 10.2 Å². The molecule has 4 heteroatoms. The van der Waals surface area contributed by atoms with Gasteiger partial charge in [-0.25, -0.2) is 0 Å². The van der Waals surface area contributed by atoms with Crippen LogP contribution in [0.4, 0.5) is 0 Å². The second-order valence-electron chi connectivity index (χ2n) is 3.52. The molecule has 0 aliphatic carbocycles. The molecule has 0 spiro atoms. The highest BCUT2D eigenvalue weighted by Gasteiger charge is 2.12. The number of likely N-dealkylation sites (N-methyl/N-ethyl adjacent to an activating group) is 1. The Morgan fingerprint density at radius 2 is 2.00 bits per heavy atom. The zero-order valence-electron chi connectivity index (χ0n) is 9.13. The number of nitrogens with one attached hydrogen (secondary N) is 1. The van der Waals surface area contributed by atoms with Crippen LogP contribution in [0.2, 0.25) is 0 Å². The largest absolute Gasteiger partial charge is 0.383 e. The topological polar surface area (TPSA) is 24.5 Å². The van der Waals surface area contributed by atoms with Crippen LogP contribution >= 0.6 is 12.2 Å². The zero-order chi connectivity index (χ0) is 10.4. The van der Waals surface area contributed by atoms with Crippen LogP contribution in [0.3, 0.4) is 0 Å². The minimum absolute atomic E-state index is 0.309. The molecule has 13 heavy (non-hydrogen) atoms. The smallest absolute Gasteiger partial charge is 0.169 e. The van der Waals surface area contributed by atoms with E-state index in [-0.39, 0.29) is 0 Å². The number of methoxy groups -OCH3 is 1. The average Bonchev–Trinajstić information content (AvgIpc) is 2.02. The maximum atomic E-state index is 5.20. The van der Waals surface area contributed by atoms with Gasteiger partial charge in [-0.05, 0) is 33.0 Å². The van der Waals surface area contributed by atoms with Gasteiger partial charge in [0.2, 0.25) is 0 Å². The Balaban J connectivity index is 3.93. The van der Waals surface area contributed by atoms with Crippen molar-refractivity contribution in [2.45, 2.75) is 32.9 Å². The van der Waals surface area contributed by atoms with E-state index in [1.807, 2.05) is 11.9 Å². The molecule has 0 saturated heterocycles. The molecule has 78 valence electrons. The summed E-state index contributed by atoms with van der Waals surface area (Å²) in [5.74, 6) is 0. The molecule has 0 aromatic rings.